The Hall–Kier alpha value is -1.55. The molecule has 1 atom stereocenters. The number of nitrogens with zero attached hydrogens (tertiary/aromatic N) is 1. The lowest BCUT2D eigenvalue weighted by atomic mass is 9.69. The molecule has 1 N–H and O–H groups in total. The maximum atomic E-state index is 12.6. The molecule has 2 amide bonds. The van der Waals surface area contributed by atoms with Crippen molar-refractivity contribution in [3.05, 3.63) is 35.9 Å². The van der Waals surface area contributed by atoms with E-state index in [9.17, 15) is 4.79 Å². The van der Waals surface area contributed by atoms with Crippen molar-refractivity contribution in [1.29, 1.82) is 0 Å². The molecule has 4 heteroatoms. The molecule has 24 heavy (non-hydrogen) atoms. The van der Waals surface area contributed by atoms with Crippen molar-refractivity contribution in [3.63, 3.8) is 0 Å². The fraction of sp³-hybridized carbons (Fsp3) is 0.650. The largest absolute Gasteiger partial charge is 0.380 e. The van der Waals surface area contributed by atoms with Gasteiger partial charge in [-0.3, -0.25) is 0 Å². The van der Waals surface area contributed by atoms with E-state index in [2.05, 4.69) is 35.6 Å². The number of hydrogen-bond donors (Lipinski definition) is 1. The molecule has 2 fully saturated rings. The SMILES string of the molecule is CO[C@@H]1CCCN(C(=O)NCC2(c3ccccc3)CCCCC2)C1. The lowest BCUT2D eigenvalue weighted by molar-refractivity contribution is 0.0431. The fourth-order valence-corrected chi connectivity index (χ4v) is 4.26. The Balaban J connectivity index is 1.64. The molecule has 3 rings (SSSR count). The molecular weight excluding hydrogens is 300 g/mol. The van der Waals surface area contributed by atoms with Gasteiger partial charge in [-0.05, 0) is 31.2 Å². The van der Waals surface area contributed by atoms with Gasteiger partial charge in [0.15, 0.2) is 0 Å². The van der Waals surface area contributed by atoms with Crippen molar-refractivity contribution in [2.45, 2.75) is 56.5 Å². The molecule has 2 aliphatic rings. The average molecular weight is 330 g/mol. The summed E-state index contributed by atoms with van der Waals surface area (Å²) in [5.41, 5.74) is 1.48. The monoisotopic (exact) mass is 330 g/mol. The summed E-state index contributed by atoms with van der Waals surface area (Å²) in [7, 11) is 1.73. The number of hydrogen-bond acceptors (Lipinski definition) is 2. The molecule has 0 unspecified atom stereocenters. The maximum Gasteiger partial charge on any atom is 0.317 e. The molecule has 0 bridgehead atoms. The first-order valence-corrected chi connectivity index (χ1v) is 9.35. The van der Waals surface area contributed by atoms with E-state index < -0.39 is 0 Å². The number of ether oxygens (including phenoxy) is 1. The van der Waals surface area contributed by atoms with E-state index in [1.165, 1.54) is 24.8 Å². The summed E-state index contributed by atoms with van der Waals surface area (Å²) in [6, 6.07) is 10.8. The summed E-state index contributed by atoms with van der Waals surface area (Å²) in [5.74, 6) is 0. The Bertz CT molecular complexity index is 526. The van der Waals surface area contributed by atoms with Gasteiger partial charge in [-0.2, -0.15) is 0 Å². The molecule has 1 saturated carbocycles. The number of rotatable bonds is 4. The van der Waals surface area contributed by atoms with Crippen molar-refractivity contribution in [3.8, 4) is 0 Å². The highest BCUT2D eigenvalue weighted by Crippen LogP contribution is 2.38. The highest BCUT2D eigenvalue weighted by Gasteiger charge is 2.35. The molecule has 1 heterocycles. The quantitative estimate of drug-likeness (QED) is 0.914. The van der Waals surface area contributed by atoms with Crippen molar-refractivity contribution < 1.29 is 9.53 Å². The van der Waals surface area contributed by atoms with Crippen molar-refractivity contribution >= 4 is 6.03 Å². The number of urea groups is 1. The Morgan fingerprint density at radius 1 is 1.21 bits per heavy atom. The Morgan fingerprint density at radius 3 is 2.67 bits per heavy atom. The van der Waals surface area contributed by atoms with Gasteiger partial charge < -0.3 is 15.0 Å². The Labute approximate surface area is 145 Å². The maximum absolute atomic E-state index is 12.6. The smallest absolute Gasteiger partial charge is 0.317 e. The zero-order valence-electron chi connectivity index (χ0n) is 14.8. The van der Waals surface area contributed by atoms with Gasteiger partial charge in [0.05, 0.1) is 6.10 Å². The molecule has 132 valence electrons. The zero-order valence-corrected chi connectivity index (χ0v) is 14.8. The van der Waals surface area contributed by atoms with Gasteiger partial charge in [0.2, 0.25) is 0 Å². The van der Waals surface area contributed by atoms with Crippen LogP contribution in [0.2, 0.25) is 0 Å². The summed E-state index contributed by atoms with van der Waals surface area (Å²) in [4.78, 5) is 14.6. The molecule has 0 aromatic heterocycles. The predicted molar refractivity (Wildman–Crippen MR) is 96.2 cm³/mol. The second kappa shape index (κ2) is 8.02. The lowest BCUT2D eigenvalue weighted by Crippen LogP contribution is -2.51. The summed E-state index contributed by atoms with van der Waals surface area (Å²) >= 11 is 0. The van der Waals surface area contributed by atoms with Crippen molar-refractivity contribution in [1.82, 2.24) is 10.2 Å². The van der Waals surface area contributed by atoms with Crippen LogP contribution in [0.25, 0.3) is 0 Å². The lowest BCUT2D eigenvalue weighted by Gasteiger charge is -2.39. The first-order chi connectivity index (χ1) is 11.7. The van der Waals surface area contributed by atoms with E-state index in [4.69, 9.17) is 4.74 Å². The first-order valence-electron chi connectivity index (χ1n) is 9.35. The minimum atomic E-state index is 0.0672. The third-order valence-electron chi connectivity index (χ3n) is 5.77. The molecule has 1 aromatic rings. The third kappa shape index (κ3) is 3.92. The second-order valence-electron chi connectivity index (χ2n) is 7.31. The molecule has 1 aliphatic carbocycles. The number of likely N-dealkylation sites (tertiary alicyclic amines) is 1. The van der Waals surface area contributed by atoms with Gasteiger partial charge in [-0.1, -0.05) is 49.6 Å². The Kier molecular flexibility index (Phi) is 5.77. The number of methoxy groups -OCH3 is 1. The van der Waals surface area contributed by atoms with Crippen LogP contribution in [0, 0.1) is 0 Å². The van der Waals surface area contributed by atoms with Crippen LogP contribution in [0.15, 0.2) is 30.3 Å². The summed E-state index contributed by atoms with van der Waals surface area (Å²) in [6.07, 6.45) is 8.40. The van der Waals surface area contributed by atoms with Gasteiger partial charge in [-0.25, -0.2) is 4.79 Å². The summed E-state index contributed by atoms with van der Waals surface area (Å²) < 4.78 is 5.43. The molecule has 4 nitrogen and oxygen atoms in total. The molecule has 0 spiro atoms. The molecule has 1 aliphatic heterocycles. The van der Waals surface area contributed by atoms with Crippen molar-refractivity contribution in [2.75, 3.05) is 26.7 Å². The van der Waals surface area contributed by atoms with E-state index >= 15 is 0 Å². The highest BCUT2D eigenvalue weighted by molar-refractivity contribution is 5.74. The van der Waals surface area contributed by atoms with Gasteiger partial charge in [0, 0.05) is 32.2 Å². The number of carbonyl (C=O) groups is 1. The van der Waals surface area contributed by atoms with E-state index in [-0.39, 0.29) is 17.6 Å². The third-order valence-corrected chi connectivity index (χ3v) is 5.77. The van der Waals surface area contributed by atoms with Crippen LogP contribution in [0.5, 0.6) is 0 Å². The van der Waals surface area contributed by atoms with Crippen LogP contribution in [0.1, 0.15) is 50.5 Å². The number of carbonyl (C=O) groups excluding carboxylic acids is 1. The van der Waals surface area contributed by atoms with Crippen LogP contribution < -0.4 is 5.32 Å². The fourth-order valence-electron chi connectivity index (χ4n) is 4.26. The molecule has 0 radical (unpaired) electrons. The van der Waals surface area contributed by atoms with Crippen molar-refractivity contribution in [2.24, 2.45) is 0 Å². The molecule has 1 aromatic carbocycles. The standard InChI is InChI=1S/C20H30N2O2/c1-24-18-11-8-14-22(15-18)19(23)21-16-20(12-6-3-7-13-20)17-9-4-2-5-10-17/h2,4-5,9-10,18H,3,6-8,11-16H2,1H3,(H,21,23)/t18-/m1/s1. The van der Waals surface area contributed by atoms with Gasteiger partial charge in [-0.15, -0.1) is 0 Å². The zero-order chi connectivity index (χ0) is 16.8. The molecular formula is C20H30N2O2. The minimum absolute atomic E-state index is 0.0672. The van der Waals surface area contributed by atoms with Crippen LogP contribution in [-0.4, -0.2) is 43.8 Å². The van der Waals surface area contributed by atoms with E-state index in [1.54, 1.807) is 7.11 Å². The average Bonchev–Trinajstić information content (AvgIpc) is 2.67. The number of amides is 2. The van der Waals surface area contributed by atoms with E-state index in [0.717, 1.165) is 38.8 Å². The summed E-state index contributed by atoms with van der Waals surface area (Å²) in [5, 5.41) is 3.24. The number of benzene rings is 1. The number of piperidine rings is 1. The normalized spacial score (nSPS) is 23.7. The van der Waals surface area contributed by atoms with Crippen LogP contribution >= 0.6 is 0 Å². The highest BCUT2D eigenvalue weighted by atomic mass is 16.5. The van der Waals surface area contributed by atoms with Crippen LogP contribution in [0.3, 0.4) is 0 Å². The molecule has 1 saturated heterocycles. The number of nitrogens with one attached hydrogen (secondary N) is 1. The van der Waals surface area contributed by atoms with Gasteiger partial charge in [0.1, 0.15) is 0 Å². The second-order valence-corrected chi connectivity index (χ2v) is 7.31. The summed E-state index contributed by atoms with van der Waals surface area (Å²) in [6.45, 7) is 2.29. The first kappa shape index (κ1) is 17.3. The topological polar surface area (TPSA) is 41.6 Å². The van der Waals surface area contributed by atoms with Gasteiger partial charge >= 0.3 is 6.03 Å². The van der Waals surface area contributed by atoms with E-state index in [0.29, 0.717) is 6.54 Å². The predicted octanol–water partition coefficient (Wildman–Crippen LogP) is 3.71. The van der Waals surface area contributed by atoms with E-state index in [1.807, 2.05) is 4.90 Å². The Morgan fingerprint density at radius 2 is 1.96 bits per heavy atom. The minimum Gasteiger partial charge on any atom is -0.380 e. The van der Waals surface area contributed by atoms with Crippen LogP contribution in [0.4, 0.5) is 4.79 Å². The van der Waals surface area contributed by atoms with Crippen LogP contribution in [-0.2, 0) is 10.2 Å². The van der Waals surface area contributed by atoms with Gasteiger partial charge in [0.25, 0.3) is 0 Å².